The molecule has 2 aliphatic rings. The predicted octanol–water partition coefficient (Wildman–Crippen LogP) is 1.06. The fraction of sp³-hybridized carbons (Fsp3) is 0.357. The molecule has 20 heavy (non-hydrogen) atoms. The van der Waals surface area contributed by atoms with Gasteiger partial charge in [0, 0.05) is 12.1 Å². The van der Waals surface area contributed by atoms with Gasteiger partial charge >= 0.3 is 6.03 Å². The van der Waals surface area contributed by atoms with E-state index < -0.39 is 6.04 Å². The van der Waals surface area contributed by atoms with Crippen molar-refractivity contribution in [3.05, 3.63) is 29.8 Å². The average molecular weight is 274 g/mol. The zero-order valence-corrected chi connectivity index (χ0v) is 11.0. The van der Waals surface area contributed by atoms with Crippen molar-refractivity contribution < 1.29 is 19.1 Å². The highest BCUT2D eigenvalue weighted by Gasteiger charge is 2.47. The van der Waals surface area contributed by atoms with Gasteiger partial charge in [-0.05, 0) is 31.2 Å². The minimum atomic E-state index is -0.524. The molecule has 3 amide bonds. The standard InChI is InChI=1S/C14H14N2O4/c1-9(17)10-2-4-11(5-3-10)16-13(18)12-8-20-7-6-15(12)14(16)19/h2-5,12H,6-8H2,1H3/t12-/m0/s1. The highest BCUT2D eigenvalue weighted by Crippen LogP contribution is 2.27. The lowest BCUT2D eigenvalue weighted by molar-refractivity contribution is -0.123. The monoisotopic (exact) mass is 274 g/mol. The fourth-order valence-electron chi connectivity index (χ4n) is 2.49. The number of rotatable bonds is 2. The van der Waals surface area contributed by atoms with Gasteiger partial charge in [0.15, 0.2) is 5.78 Å². The van der Waals surface area contributed by atoms with Gasteiger partial charge in [-0.15, -0.1) is 0 Å². The summed E-state index contributed by atoms with van der Waals surface area (Å²) >= 11 is 0. The molecule has 0 radical (unpaired) electrons. The minimum Gasteiger partial charge on any atom is -0.377 e. The third-order valence-electron chi connectivity index (χ3n) is 3.60. The zero-order chi connectivity index (χ0) is 14.3. The summed E-state index contributed by atoms with van der Waals surface area (Å²) in [5.74, 6) is -0.327. The SMILES string of the molecule is CC(=O)c1ccc(N2C(=O)[C@@H]3COCCN3C2=O)cc1. The van der Waals surface area contributed by atoms with Crippen molar-refractivity contribution in [2.45, 2.75) is 13.0 Å². The predicted molar refractivity (Wildman–Crippen MR) is 70.6 cm³/mol. The average Bonchev–Trinajstić information content (AvgIpc) is 2.72. The summed E-state index contributed by atoms with van der Waals surface area (Å²) in [5, 5.41) is 0. The number of amides is 3. The van der Waals surface area contributed by atoms with E-state index in [1.165, 1.54) is 11.8 Å². The van der Waals surface area contributed by atoms with Gasteiger partial charge in [0.2, 0.25) is 0 Å². The van der Waals surface area contributed by atoms with Crippen molar-refractivity contribution in [1.29, 1.82) is 0 Å². The van der Waals surface area contributed by atoms with E-state index in [-0.39, 0.29) is 24.3 Å². The molecule has 2 fully saturated rings. The van der Waals surface area contributed by atoms with Crippen molar-refractivity contribution in [2.24, 2.45) is 0 Å². The molecule has 0 unspecified atom stereocenters. The summed E-state index contributed by atoms with van der Waals surface area (Å²) < 4.78 is 5.25. The van der Waals surface area contributed by atoms with Gasteiger partial charge in [-0.25, -0.2) is 9.69 Å². The van der Waals surface area contributed by atoms with E-state index in [1.54, 1.807) is 24.3 Å². The number of anilines is 1. The maximum absolute atomic E-state index is 12.3. The molecule has 2 aliphatic heterocycles. The first-order chi connectivity index (χ1) is 9.59. The van der Waals surface area contributed by atoms with Gasteiger partial charge in [-0.2, -0.15) is 0 Å². The van der Waals surface area contributed by atoms with Crippen LogP contribution in [0.25, 0.3) is 0 Å². The molecule has 2 heterocycles. The Bertz CT molecular complexity index is 557. The number of morpholine rings is 1. The lowest BCUT2D eigenvalue weighted by atomic mass is 10.1. The van der Waals surface area contributed by atoms with E-state index in [9.17, 15) is 14.4 Å². The Morgan fingerprint density at radius 2 is 1.95 bits per heavy atom. The van der Waals surface area contributed by atoms with Crippen molar-refractivity contribution >= 4 is 23.4 Å². The van der Waals surface area contributed by atoms with Crippen LogP contribution in [0.4, 0.5) is 10.5 Å². The molecule has 0 aliphatic carbocycles. The second-order valence-electron chi connectivity index (χ2n) is 4.84. The molecule has 1 aromatic carbocycles. The smallest absolute Gasteiger partial charge is 0.332 e. The number of ether oxygens (including phenoxy) is 1. The highest BCUT2D eigenvalue weighted by atomic mass is 16.5. The van der Waals surface area contributed by atoms with E-state index in [2.05, 4.69) is 0 Å². The van der Waals surface area contributed by atoms with E-state index in [1.807, 2.05) is 0 Å². The molecule has 6 nitrogen and oxygen atoms in total. The minimum absolute atomic E-state index is 0.0542. The Morgan fingerprint density at radius 1 is 1.25 bits per heavy atom. The van der Waals surface area contributed by atoms with Crippen LogP contribution in [0.15, 0.2) is 24.3 Å². The number of benzene rings is 1. The second-order valence-corrected chi connectivity index (χ2v) is 4.84. The van der Waals surface area contributed by atoms with Crippen molar-refractivity contribution in [2.75, 3.05) is 24.7 Å². The topological polar surface area (TPSA) is 66.9 Å². The van der Waals surface area contributed by atoms with Gasteiger partial charge in [0.05, 0.1) is 18.9 Å². The van der Waals surface area contributed by atoms with Crippen LogP contribution >= 0.6 is 0 Å². The Balaban J connectivity index is 1.91. The summed E-state index contributed by atoms with van der Waals surface area (Å²) in [5.41, 5.74) is 1.04. The number of carbonyl (C=O) groups is 3. The van der Waals surface area contributed by atoms with Crippen molar-refractivity contribution in [3.63, 3.8) is 0 Å². The Labute approximate surface area is 115 Å². The molecule has 1 aromatic rings. The van der Waals surface area contributed by atoms with Crippen LogP contribution in [0.3, 0.4) is 0 Å². The number of nitrogens with zero attached hydrogens (tertiary/aromatic N) is 2. The number of ketones is 1. The molecular weight excluding hydrogens is 260 g/mol. The molecule has 1 atom stereocenters. The molecule has 0 spiro atoms. The molecule has 0 saturated carbocycles. The summed E-state index contributed by atoms with van der Waals surface area (Å²) in [6.07, 6.45) is 0. The number of urea groups is 1. The van der Waals surface area contributed by atoms with Gasteiger partial charge in [0.25, 0.3) is 5.91 Å². The summed E-state index contributed by atoms with van der Waals surface area (Å²) in [4.78, 5) is 38.5. The van der Waals surface area contributed by atoms with E-state index in [0.717, 1.165) is 4.90 Å². The zero-order valence-electron chi connectivity index (χ0n) is 11.0. The summed E-state index contributed by atoms with van der Waals surface area (Å²) in [7, 11) is 0. The van der Waals surface area contributed by atoms with Crippen LogP contribution in [0.2, 0.25) is 0 Å². The van der Waals surface area contributed by atoms with Crippen molar-refractivity contribution in [1.82, 2.24) is 4.90 Å². The molecular formula is C14H14N2O4. The third-order valence-corrected chi connectivity index (χ3v) is 3.60. The first kappa shape index (κ1) is 12.8. The number of hydrogen-bond donors (Lipinski definition) is 0. The van der Waals surface area contributed by atoms with Crippen LogP contribution in [-0.2, 0) is 9.53 Å². The number of Topliss-reactive ketones (excluding diaryl/α,β-unsaturated/α-hetero) is 1. The molecule has 0 N–H and O–H groups in total. The van der Waals surface area contributed by atoms with E-state index in [0.29, 0.717) is 24.4 Å². The first-order valence-corrected chi connectivity index (χ1v) is 6.43. The van der Waals surface area contributed by atoms with Crippen LogP contribution < -0.4 is 4.90 Å². The molecule has 2 saturated heterocycles. The Kier molecular flexibility index (Phi) is 3.02. The first-order valence-electron chi connectivity index (χ1n) is 6.43. The van der Waals surface area contributed by atoms with Crippen LogP contribution in [0.1, 0.15) is 17.3 Å². The molecule has 0 aromatic heterocycles. The van der Waals surface area contributed by atoms with Crippen LogP contribution in [0.5, 0.6) is 0 Å². The van der Waals surface area contributed by atoms with E-state index >= 15 is 0 Å². The molecule has 0 bridgehead atoms. The fourth-order valence-corrected chi connectivity index (χ4v) is 2.49. The van der Waals surface area contributed by atoms with E-state index in [4.69, 9.17) is 4.74 Å². The maximum Gasteiger partial charge on any atom is 0.332 e. The molecule has 6 heteroatoms. The van der Waals surface area contributed by atoms with Gasteiger partial charge < -0.3 is 9.64 Å². The quantitative estimate of drug-likeness (QED) is 0.597. The maximum atomic E-state index is 12.3. The largest absolute Gasteiger partial charge is 0.377 e. The van der Waals surface area contributed by atoms with Gasteiger partial charge in [-0.1, -0.05) is 0 Å². The number of hydrogen-bond acceptors (Lipinski definition) is 4. The van der Waals surface area contributed by atoms with Crippen LogP contribution in [0, 0.1) is 0 Å². The lowest BCUT2D eigenvalue weighted by Gasteiger charge is -2.26. The molecule has 3 rings (SSSR count). The molecule has 104 valence electrons. The summed E-state index contributed by atoms with van der Waals surface area (Å²) in [6, 6.07) is 5.62. The number of carbonyl (C=O) groups excluding carboxylic acids is 3. The Hall–Kier alpha value is -2.21. The number of fused-ring (bicyclic) bond motifs is 1. The Morgan fingerprint density at radius 3 is 2.55 bits per heavy atom. The lowest BCUT2D eigenvalue weighted by Crippen LogP contribution is -2.45. The van der Waals surface area contributed by atoms with Gasteiger partial charge in [-0.3, -0.25) is 9.59 Å². The van der Waals surface area contributed by atoms with Crippen LogP contribution in [-0.4, -0.2) is 48.4 Å². The second kappa shape index (κ2) is 4.72. The highest BCUT2D eigenvalue weighted by molar-refractivity contribution is 6.21. The third kappa shape index (κ3) is 1.89. The normalized spacial score (nSPS) is 22.1. The number of imide groups is 1. The van der Waals surface area contributed by atoms with Crippen molar-refractivity contribution in [3.8, 4) is 0 Å². The van der Waals surface area contributed by atoms with Gasteiger partial charge in [0.1, 0.15) is 6.04 Å². The summed E-state index contributed by atoms with van der Waals surface area (Å²) in [6.45, 7) is 2.59.